The summed E-state index contributed by atoms with van der Waals surface area (Å²) in [6, 6.07) is 9.53. The molecule has 3 amide bonds. The van der Waals surface area contributed by atoms with Crippen LogP contribution >= 0.6 is 11.3 Å². The molecule has 0 aliphatic carbocycles. The van der Waals surface area contributed by atoms with E-state index in [1.54, 1.807) is 16.4 Å². The van der Waals surface area contributed by atoms with Crippen molar-refractivity contribution in [1.82, 2.24) is 9.88 Å². The quantitative estimate of drug-likeness (QED) is 0.727. The van der Waals surface area contributed by atoms with Crippen LogP contribution in [0.2, 0.25) is 0 Å². The number of likely N-dealkylation sites (tertiary alicyclic amines) is 1. The number of aromatic nitrogens is 1. The number of nitrogens with zero attached hydrogens (tertiary/aromatic N) is 2. The Morgan fingerprint density at radius 3 is 2.61 bits per heavy atom. The molecule has 8 heteroatoms. The number of anilines is 1. The van der Waals surface area contributed by atoms with Gasteiger partial charge >= 0.3 is 0 Å². The highest BCUT2D eigenvalue weighted by Gasteiger charge is 2.26. The third-order valence-corrected chi connectivity index (χ3v) is 5.40. The maximum Gasteiger partial charge on any atom is 0.250 e. The van der Waals surface area contributed by atoms with Gasteiger partial charge in [0, 0.05) is 30.5 Å². The average molecular weight is 398 g/mol. The summed E-state index contributed by atoms with van der Waals surface area (Å²) in [6.45, 7) is 1.06. The lowest BCUT2D eigenvalue weighted by Crippen LogP contribution is -2.42. The Bertz CT molecular complexity index is 871. The molecule has 0 radical (unpaired) electrons. The maximum absolute atomic E-state index is 12.4. The zero-order chi connectivity index (χ0) is 19.9. The number of carbonyl (C=O) groups is 3. The number of rotatable bonds is 6. The number of hydrogen-bond donors (Lipinski definition) is 2. The SMILES string of the molecule is NC(=O)C1CCN(C(=O)Cc2csc(NC(=O)C=Cc3ccccc3)n2)CC1. The summed E-state index contributed by atoms with van der Waals surface area (Å²) in [5.74, 6) is -0.748. The molecule has 1 aromatic heterocycles. The van der Waals surface area contributed by atoms with Gasteiger partial charge in [-0.05, 0) is 24.5 Å². The average Bonchev–Trinajstić information content (AvgIpc) is 3.14. The number of nitrogens with two attached hydrogens (primary N) is 1. The van der Waals surface area contributed by atoms with Gasteiger partial charge in [0.25, 0.3) is 0 Å². The van der Waals surface area contributed by atoms with E-state index in [4.69, 9.17) is 5.73 Å². The first-order valence-corrected chi connectivity index (χ1v) is 9.95. The zero-order valence-corrected chi connectivity index (χ0v) is 16.2. The van der Waals surface area contributed by atoms with Gasteiger partial charge in [0.05, 0.1) is 12.1 Å². The van der Waals surface area contributed by atoms with Crippen LogP contribution in [0.4, 0.5) is 5.13 Å². The first-order chi connectivity index (χ1) is 13.5. The number of thiazole rings is 1. The first-order valence-electron chi connectivity index (χ1n) is 9.07. The lowest BCUT2D eigenvalue weighted by atomic mass is 9.96. The van der Waals surface area contributed by atoms with Crippen LogP contribution in [0.1, 0.15) is 24.1 Å². The fraction of sp³-hybridized carbons (Fsp3) is 0.300. The third kappa shape index (κ3) is 5.50. The van der Waals surface area contributed by atoms with Crippen molar-refractivity contribution in [3.63, 3.8) is 0 Å². The smallest absolute Gasteiger partial charge is 0.250 e. The van der Waals surface area contributed by atoms with Crippen molar-refractivity contribution in [2.45, 2.75) is 19.3 Å². The molecule has 146 valence electrons. The van der Waals surface area contributed by atoms with Crippen molar-refractivity contribution >= 4 is 40.3 Å². The van der Waals surface area contributed by atoms with Gasteiger partial charge in [-0.1, -0.05) is 30.3 Å². The first kappa shape index (κ1) is 19.8. The number of benzene rings is 1. The molecule has 2 aromatic rings. The largest absolute Gasteiger partial charge is 0.369 e. The summed E-state index contributed by atoms with van der Waals surface area (Å²) < 4.78 is 0. The van der Waals surface area contributed by atoms with Gasteiger partial charge in [-0.2, -0.15) is 0 Å². The summed E-state index contributed by atoms with van der Waals surface area (Å²) in [6.07, 6.45) is 4.56. The van der Waals surface area contributed by atoms with E-state index < -0.39 is 0 Å². The summed E-state index contributed by atoms with van der Waals surface area (Å²) >= 11 is 1.28. The maximum atomic E-state index is 12.4. The van der Waals surface area contributed by atoms with E-state index in [0.29, 0.717) is 36.8 Å². The van der Waals surface area contributed by atoms with Gasteiger partial charge in [0.15, 0.2) is 5.13 Å². The molecule has 1 saturated heterocycles. The minimum Gasteiger partial charge on any atom is -0.369 e. The number of nitrogens with one attached hydrogen (secondary N) is 1. The van der Waals surface area contributed by atoms with Crippen LogP contribution in [0.15, 0.2) is 41.8 Å². The standard InChI is InChI=1S/C20H22N4O3S/c21-19(27)15-8-10-24(11-9-15)18(26)12-16-13-28-20(22-16)23-17(25)7-6-14-4-2-1-3-5-14/h1-7,13,15H,8-12H2,(H2,21,27)(H,22,23,25). The lowest BCUT2D eigenvalue weighted by Gasteiger charge is -2.30. The van der Waals surface area contributed by atoms with E-state index in [2.05, 4.69) is 10.3 Å². The molecule has 1 aliphatic heterocycles. The van der Waals surface area contributed by atoms with Crippen molar-refractivity contribution in [1.29, 1.82) is 0 Å². The topological polar surface area (TPSA) is 105 Å². The van der Waals surface area contributed by atoms with E-state index >= 15 is 0 Å². The van der Waals surface area contributed by atoms with Crippen molar-refractivity contribution in [2.75, 3.05) is 18.4 Å². The van der Waals surface area contributed by atoms with Crippen molar-refractivity contribution < 1.29 is 14.4 Å². The molecule has 3 rings (SSSR count). The van der Waals surface area contributed by atoms with Crippen molar-refractivity contribution in [3.8, 4) is 0 Å². The molecule has 7 nitrogen and oxygen atoms in total. The van der Waals surface area contributed by atoms with Gasteiger partial charge in [0.2, 0.25) is 17.7 Å². The normalized spacial score (nSPS) is 14.9. The third-order valence-electron chi connectivity index (χ3n) is 4.59. The van der Waals surface area contributed by atoms with Crippen LogP contribution in [0.25, 0.3) is 6.08 Å². The highest BCUT2D eigenvalue weighted by atomic mass is 32.1. The second-order valence-corrected chi connectivity index (χ2v) is 7.47. The van der Waals surface area contributed by atoms with Gasteiger partial charge < -0.3 is 10.6 Å². The van der Waals surface area contributed by atoms with Gasteiger partial charge in [-0.25, -0.2) is 4.98 Å². The van der Waals surface area contributed by atoms with E-state index in [1.807, 2.05) is 30.3 Å². The van der Waals surface area contributed by atoms with Crippen molar-refractivity contribution in [3.05, 3.63) is 53.0 Å². The molecule has 0 atom stereocenters. The predicted molar refractivity (Wildman–Crippen MR) is 108 cm³/mol. The van der Waals surface area contributed by atoms with E-state index in [-0.39, 0.29) is 30.1 Å². The van der Waals surface area contributed by atoms with E-state index in [1.165, 1.54) is 17.4 Å². The number of amides is 3. The molecule has 0 spiro atoms. The lowest BCUT2D eigenvalue weighted by molar-refractivity contribution is -0.134. The Morgan fingerprint density at radius 1 is 1.21 bits per heavy atom. The van der Waals surface area contributed by atoms with Gasteiger partial charge in [-0.15, -0.1) is 11.3 Å². The summed E-state index contributed by atoms with van der Waals surface area (Å²) in [4.78, 5) is 41.7. The molecule has 2 heterocycles. The van der Waals surface area contributed by atoms with Crippen molar-refractivity contribution in [2.24, 2.45) is 11.7 Å². The van der Waals surface area contributed by atoms with Crippen LogP contribution in [-0.2, 0) is 20.8 Å². The van der Waals surface area contributed by atoms with Crippen LogP contribution in [0.5, 0.6) is 0 Å². The van der Waals surface area contributed by atoms with Crippen LogP contribution < -0.4 is 11.1 Å². The van der Waals surface area contributed by atoms with Crippen LogP contribution in [0.3, 0.4) is 0 Å². The highest BCUT2D eigenvalue weighted by molar-refractivity contribution is 7.14. The molecule has 0 unspecified atom stereocenters. The molecular formula is C20H22N4O3S. The Morgan fingerprint density at radius 2 is 1.93 bits per heavy atom. The van der Waals surface area contributed by atoms with Crippen LogP contribution in [0, 0.1) is 5.92 Å². The highest BCUT2D eigenvalue weighted by Crippen LogP contribution is 2.20. The monoisotopic (exact) mass is 398 g/mol. The molecule has 28 heavy (non-hydrogen) atoms. The molecule has 0 bridgehead atoms. The Balaban J connectivity index is 1.49. The molecule has 1 aliphatic rings. The number of hydrogen-bond acceptors (Lipinski definition) is 5. The minimum atomic E-state index is -0.298. The Kier molecular flexibility index (Phi) is 6.54. The number of carbonyl (C=O) groups excluding carboxylic acids is 3. The summed E-state index contributed by atoms with van der Waals surface area (Å²) in [7, 11) is 0. The van der Waals surface area contributed by atoms with Gasteiger partial charge in [0.1, 0.15) is 0 Å². The molecule has 3 N–H and O–H groups in total. The molecule has 1 fully saturated rings. The Labute approximate surface area is 167 Å². The van der Waals surface area contributed by atoms with E-state index in [9.17, 15) is 14.4 Å². The minimum absolute atomic E-state index is 0.0323. The zero-order valence-electron chi connectivity index (χ0n) is 15.3. The summed E-state index contributed by atoms with van der Waals surface area (Å²) in [5.41, 5.74) is 6.87. The second-order valence-electron chi connectivity index (χ2n) is 6.61. The molecular weight excluding hydrogens is 376 g/mol. The fourth-order valence-corrected chi connectivity index (χ4v) is 3.72. The predicted octanol–water partition coefficient (Wildman–Crippen LogP) is 2.06. The number of primary amides is 1. The fourth-order valence-electron chi connectivity index (χ4n) is 3.01. The second kappa shape index (κ2) is 9.27. The van der Waals surface area contributed by atoms with Crippen LogP contribution in [-0.4, -0.2) is 40.7 Å². The molecule has 0 saturated carbocycles. The van der Waals surface area contributed by atoms with Gasteiger partial charge in [-0.3, -0.25) is 19.7 Å². The van der Waals surface area contributed by atoms with E-state index in [0.717, 1.165) is 5.56 Å². The Hall–Kier alpha value is -3.00. The summed E-state index contributed by atoms with van der Waals surface area (Å²) in [5, 5.41) is 4.93. The molecule has 1 aromatic carbocycles. The number of piperidine rings is 1.